The number of rotatable bonds is 7. The summed E-state index contributed by atoms with van der Waals surface area (Å²) in [5, 5.41) is 0.158. The molecule has 2 N–H and O–H groups in total. The highest BCUT2D eigenvalue weighted by Gasteiger charge is 2.17. The first-order valence-electron chi connectivity index (χ1n) is 5.30. The van der Waals surface area contributed by atoms with Gasteiger partial charge in [0.05, 0.1) is 11.6 Å². The van der Waals surface area contributed by atoms with E-state index >= 15 is 0 Å². The largest absolute Gasteiger partial charge is 0.474 e. The van der Waals surface area contributed by atoms with Crippen molar-refractivity contribution >= 4 is 29.1 Å². The Labute approximate surface area is 120 Å². The van der Waals surface area contributed by atoms with Crippen molar-refractivity contribution in [3.05, 3.63) is 21.8 Å². The average Bonchev–Trinajstić information content (AvgIpc) is 2.37. The van der Waals surface area contributed by atoms with Crippen LogP contribution in [0, 0.1) is 0 Å². The molecule has 0 spiro atoms. The van der Waals surface area contributed by atoms with Crippen LogP contribution < -0.4 is 10.5 Å². The lowest BCUT2D eigenvalue weighted by Crippen LogP contribution is -2.26. The maximum Gasteiger partial charge on any atom is 0.254 e. The van der Waals surface area contributed by atoms with Crippen LogP contribution in [-0.2, 0) is 9.47 Å². The van der Waals surface area contributed by atoms with Crippen LogP contribution in [-0.4, -0.2) is 44.4 Å². The van der Waals surface area contributed by atoms with E-state index in [9.17, 15) is 4.79 Å². The van der Waals surface area contributed by atoms with Crippen molar-refractivity contribution in [3.63, 3.8) is 0 Å². The van der Waals surface area contributed by atoms with Crippen LogP contribution in [0.5, 0.6) is 5.88 Å². The maximum atomic E-state index is 11.3. The van der Waals surface area contributed by atoms with Crippen LogP contribution in [0.3, 0.4) is 0 Å². The molecule has 1 rings (SSSR count). The predicted octanol–water partition coefficient (Wildman–Crippen LogP) is 1.53. The Morgan fingerprint density at radius 2 is 2.11 bits per heavy atom. The Morgan fingerprint density at radius 3 is 2.63 bits per heavy atom. The van der Waals surface area contributed by atoms with Crippen LogP contribution in [0.15, 0.2) is 6.07 Å². The zero-order valence-electron chi connectivity index (χ0n) is 10.5. The molecule has 0 saturated heterocycles. The van der Waals surface area contributed by atoms with E-state index in [1.54, 1.807) is 0 Å². The van der Waals surface area contributed by atoms with Crippen LogP contribution in [0.4, 0.5) is 0 Å². The number of halogens is 2. The van der Waals surface area contributed by atoms with Gasteiger partial charge in [-0.05, 0) is 6.07 Å². The molecule has 0 radical (unpaired) electrons. The monoisotopic (exact) mass is 308 g/mol. The van der Waals surface area contributed by atoms with Crippen molar-refractivity contribution < 1.29 is 19.0 Å². The van der Waals surface area contributed by atoms with Gasteiger partial charge in [-0.3, -0.25) is 4.79 Å². The molecule has 0 bridgehead atoms. The molecule has 19 heavy (non-hydrogen) atoms. The van der Waals surface area contributed by atoms with Gasteiger partial charge in [-0.25, -0.2) is 0 Å². The summed E-state index contributed by atoms with van der Waals surface area (Å²) >= 11 is 11.5. The topological polar surface area (TPSA) is 83.7 Å². The zero-order chi connectivity index (χ0) is 14.4. The van der Waals surface area contributed by atoms with E-state index in [-0.39, 0.29) is 34.3 Å². The molecule has 1 aromatic rings. The Morgan fingerprint density at radius 1 is 1.42 bits per heavy atom. The number of ether oxygens (including phenoxy) is 3. The highest BCUT2D eigenvalue weighted by Crippen LogP contribution is 2.26. The molecule has 6 nitrogen and oxygen atoms in total. The normalized spacial score (nSPS) is 12.2. The SMILES string of the molecule is COCC(COc1nc(Cl)c(Cl)cc1C(N)=O)OC. The van der Waals surface area contributed by atoms with E-state index in [2.05, 4.69) is 4.98 Å². The minimum absolute atomic E-state index is 0.0139. The van der Waals surface area contributed by atoms with Gasteiger partial charge >= 0.3 is 0 Å². The molecule has 8 heteroatoms. The Bertz CT molecular complexity index is 457. The Hall–Kier alpha value is -1.08. The first kappa shape index (κ1) is 16.0. The second kappa shape index (κ2) is 7.49. The highest BCUT2D eigenvalue weighted by atomic mass is 35.5. The molecular weight excluding hydrogens is 295 g/mol. The lowest BCUT2D eigenvalue weighted by molar-refractivity contribution is -0.000190. The molecular formula is C11H14Cl2N2O4. The van der Waals surface area contributed by atoms with Gasteiger partial charge in [-0.1, -0.05) is 23.2 Å². The van der Waals surface area contributed by atoms with Crippen molar-refractivity contribution in [2.75, 3.05) is 27.4 Å². The second-order valence-corrected chi connectivity index (χ2v) is 4.37. The summed E-state index contributed by atoms with van der Waals surface area (Å²) in [6.45, 7) is 0.472. The quantitative estimate of drug-likeness (QED) is 0.772. The molecule has 0 fully saturated rings. The molecule has 1 aromatic heterocycles. The predicted molar refractivity (Wildman–Crippen MR) is 70.9 cm³/mol. The van der Waals surface area contributed by atoms with Gasteiger partial charge < -0.3 is 19.9 Å². The fraction of sp³-hybridized carbons (Fsp3) is 0.455. The number of pyridine rings is 1. The minimum Gasteiger partial charge on any atom is -0.474 e. The number of carbonyl (C=O) groups is 1. The summed E-state index contributed by atoms with van der Waals surface area (Å²) in [5.74, 6) is -0.693. The fourth-order valence-electron chi connectivity index (χ4n) is 1.28. The molecule has 0 aliphatic carbocycles. The third kappa shape index (κ3) is 4.50. The molecule has 0 aliphatic heterocycles. The summed E-state index contributed by atoms with van der Waals surface area (Å²) in [7, 11) is 3.06. The lowest BCUT2D eigenvalue weighted by Gasteiger charge is -2.16. The molecule has 0 aliphatic rings. The third-order valence-corrected chi connectivity index (χ3v) is 2.93. The zero-order valence-corrected chi connectivity index (χ0v) is 12.0. The van der Waals surface area contributed by atoms with Crippen LogP contribution in [0.1, 0.15) is 10.4 Å². The summed E-state index contributed by atoms with van der Waals surface area (Å²) in [4.78, 5) is 15.1. The number of methoxy groups -OCH3 is 2. The summed E-state index contributed by atoms with van der Waals surface area (Å²) in [6.07, 6.45) is -0.304. The number of nitrogens with two attached hydrogens (primary N) is 1. The number of hydrogen-bond acceptors (Lipinski definition) is 5. The molecule has 1 atom stereocenters. The van der Waals surface area contributed by atoms with Crippen LogP contribution in [0.25, 0.3) is 0 Å². The van der Waals surface area contributed by atoms with E-state index in [4.69, 9.17) is 43.1 Å². The van der Waals surface area contributed by atoms with E-state index in [1.165, 1.54) is 20.3 Å². The van der Waals surface area contributed by atoms with E-state index < -0.39 is 5.91 Å². The van der Waals surface area contributed by atoms with E-state index in [0.29, 0.717) is 6.61 Å². The summed E-state index contributed by atoms with van der Waals surface area (Å²) in [5.41, 5.74) is 5.27. The average molecular weight is 309 g/mol. The number of aromatic nitrogens is 1. The van der Waals surface area contributed by atoms with Gasteiger partial charge in [0.2, 0.25) is 5.88 Å². The molecule has 0 saturated carbocycles. The van der Waals surface area contributed by atoms with Crippen molar-refractivity contribution in [1.82, 2.24) is 4.98 Å². The van der Waals surface area contributed by atoms with Crippen LogP contribution in [0.2, 0.25) is 10.2 Å². The summed E-state index contributed by atoms with van der Waals surface area (Å²) < 4.78 is 15.4. The highest BCUT2D eigenvalue weighted by molar-refractivity contribution is 6.41. The number of hydrogen-bond donors (Lipinski definition) is 1. The van der Waals surface area contributed by atoms with Gasteiger partial charge in [0, 0.05) is 14.2 Å². The number of carbonyl (C=O) groups excluding carboxylic acids is 1. The molecule has 1 amide bonds. The molecule has 1 unspecified atom stereocenters. The third-order valence-electron chi connectivity index (χ3n) is 2.26. The number of primary amides is 1. The Balaban J connectivity index is 2.87. The molecule has 1 heterocycles. The van der Waals surface area contributed by atoms with Gasteiger partial charge in [0.15, 0.2) is 5.15 Å². The minimum atomic E-state index is -0.707. The first-order valence-corrected chi connectivity index (χ1v) is 6.05. The van der Waals surface area contributed by atoms with Gasteiger partial charge in [-0.2, -0.15) is 4.98 Å². The summed E-state index contributed by atoms with van der Waals surface area (Å²) in [6, 6.07) is 1.31. The fourth-order valence-corrected chi connectivity index (χ4v) is 1.56. The Kier molecular flexibility index (Phi) is 6.30. The number of nitrogens with zero attached hydrogens (tertiary/aromatic N) is 1. The maximum absolute atomic E-state index is 11.3. The molecule has 106 valence electrons. The van der Waals surface area contributed by atoms with Crippen molar-refractivity contribution in [2.45, 2.75) is 6.10 Å². The second-order valence-electron chi connectivity index (χ2n) is 3.60. The van der Waals surface area contributed by atoms with E-state index in [0.717, 1.165) is 0 Å². The van der Waals surface area contributed by atoms with Gasteiger partial charge in [0.1, 0.15) is 18.3 Å². The standard InChI is InChI=1S/C11H14Cl2N2O4/c1-17-4-6(18-2)5-19-11-7(10(14)16)3-8(12)9(13)15-11/h3,6H,4-5H2,1-2H3,(H2,14,16). The number of amides is 1. The smallest absolute Gasteiger partial charge is 0.254 e. The van der Waals surface area contributed by atoms with Crippen LogP contribution >= 0.6 is 23.2 Å². The van der Waals surface area contributed by atoms with Gasteiger partial charge in [0.25, 0.3) is 5.91 Å². The van der Waals surface area contributed by atoms with Crippen molar-refractivity contribution in [1.29, 1.82) is 0 Å². The van der Waals surface area contributed by atoms with E-state index in [1.807, 2.05) is 0 Å². The molecule has 0 aromatic carbocycles. The van der Waals surface area contributed by atoms with Gasteiger partial charge in [-0.15, -0.1) is 0 Å². The first-order chi connectivity index (χ1) is 8.99. The van der Waals surface area contributed by atoms with Crippen molar-refractivity contribution in [3.8, 4) is 5.88 Å². The van der Waals surface area contributed by atoms with Crippen molar-refractivity contribution in [2.24, 2.45) is 5.73 Å². The lowest BCUT2D eigenvalue weighted by atomic mass is 10.2.